The van der Waals surface area contributed by atoms with E-state index in [9.17, 15) is 0 Å². The van der Waals surface area contributed by atoms with E-state index in [1.807, 2.05) is 56.3 Å². The van der Waals surface area contributed by atoms with Crippen LogP contribution < -0.4 is 21.1 Å². The fourth-order valence-corrected chi connectivity index (χ4v) is 2.60. The third-order valence-electron chi connectivity index (χ3n) is 3.78. The number of benzene rings is 2. The highest BCUT2D eigenvalue weighted by molar-refractivity contribution is 6.30. The first-order chi connectivity index (χ1) is 12.6. The smallest absolute Gasteiger partial charge is 0.159 e. The van der Waals surface area contributed by atoms with Gasteiger partial charge in [0.25, 0.3) is 0 Å². The average molecular weight is 370 g/mol. The Morgan fingerprint density at radius 1 is 1.04 bits per heavy atom. The molecule has 4 N–H and O–H groups in total. The predicted molar refractivity (Wildman–Crippen MR) is 107 cm³/mol. The Morgan fingerprint density at radius 2 is 1.73 bits per heavy atom. The summed E-state index contributed by atoms with van der Waals surface area (Å²) in [7, 11) is 0. The van der Waals surface area contributed by atoms with Crippen molar-refractivity contribution < 1.29 is 4.74 Å². The van der Waals surface area contributed by atoms with Crippen LogP contribution in [0.15, 0.2) is 48.8 Å². The maximum Gasteiger partial charge on any atom is 0.159 e. The lowest BCUT2D eigenvalue weighted by atomic mass is 10.2. The van der Waals surface area contributed by atoms with E-state index >= 15 is 0 Å². The van der Waals surface area contributed by atoms with Crippen LogP contribution in [0.4, 0.5) is 28.7 Å². The van der Waals surface area contributed by atoms with Gasteiger partial charge in [0.05, 0.1) is 12.3 Å². The van der Waals surface area contributed by atoms with Crippen LogP contribution >= 0.6 is 11.6 Å². The molecule has 0 aliphatic heterocycles. The van der Waals surface area contributed by atoms with Crippen molar-refractivity contribution >= 4 is 40.3 Å². The van der Waals surface area contributed by atoms with Crippen LogP contribution in [0.2, 0.25) is 5.02 Å². The van der Waals surface area contributed by atoms with Gasteiger partial charge in [-0.15, -0.1) is 0 Å². The van der Waals surface area contributed by atoms with E-state index in [2.05, 4.69) is 20.6 Å². The lowest BCUT2D eigenvalue weighted by Crippen LogP contribution is -2.06. The minimum atomic E-state index is 0.401. The monoisotopic (exact) mass is 369 g/mol. The molecule has 6 nitrogen and oxygen atoms in total. The van der Waals surface area contributed by atoms with Crippen LogP contribution in [0.1, 0.15) is 12.5 Å². The molecule has 0 unspecified atom stereocenters. The number of hydrogen-bond acceptors (Lipinski definition) is 6. The Bertz CT molecular complexity index is 916. The van der Waals surface area contributed by atoms with Crippen LogP contribution in [0.25, 0.3) is 0 Å². The fraction of sp³-hybridized carbons (Fsp3) is 0.158. The first kappa shape index (κ1) is 17.8. The number of ether oxygens (including phenoxy) is 1. The number of nitrogens with one attached hydrogen (secondary N) is 2. The second kappa shape index (κ2) is 7.93. The highest BCUT2D eigenvalue weighted by Crippen LogP contribution is 2.33. The molecule has 1 heterocycles. The molecule has 0 saturated carbocycles. The summed E-state index contributed by atoms with van der Waals surface area (Å²) in [4.78, 5) is 8.49. The molecule has 0 aliphatic rings. The van der Waals surface area contributed by atoms with E-state index in [4.69, 9.17) is 22.1 Å². The number of aromatic nitrogens is 2. The highest BCUT2D eigenvalue weighted by atomic mass is 35.5. The molecular formula is C19H20ClN5O. The predicted octanol–water partition coefficient (Wildman–Crippen LogP) is 4.91. The zero-order chi connectivity index (χ0) is 18.5. The van der Waals surface area contributed by atoms with Gasteiger partial charge in [0.2, 0.25) is 0 Å². The fourth-order valence-electron chi connectivity index (χ4n) is 2.43. The molecule has 134 valence electrons. The van der Waals surface area contributed by atoms with Crippen molar-refractivity contribution in [1.29, 1.82) is 0 Å². The number of aryl methyl sites for hydroxylation is 1. The van der Waals surface area contributed by atoms with Gasteiger partial charge in [-0.1, -0.05) is 29.8 Å². The first-order valence-electron chi connectivity index (χ1n) is 8.21. The topological polar surface area (TPSA) is 85.1 Å². The third-order valence-corrected chi connectivity index (χ3v) is 4.01. The van der Waals surface area contributed by atoms with E-state index in [1.165, 1.54) is 6.33 Å². The van der Waals surface area contributed by atoms with E-state index < -0.39 is 0 Å². The van der Waals surface area contributed by atoms with Gasteiger partial charge in [-0.2, -0.15) is 0 Å². The molecule has 1 aromatic heterocycles. The SMILES string of the molecule is CCOc1ccccc1Nc1ncnc(Nc2cc(Cl)ccc2C)c1N. The Hall–Kier alpha value is -2.99. The number of halogens is 1. The summed E-state index contributed by atoms with van der Waals surface area (Å²) >= 11 is 6.08. The molecular weight excluding hydrogens is 350 g/mol. The Morgan fingerprint density at radius 3 is 2.46 bits per heavy atom. The van der Waals surface area contributed by atoms with E-state index in [0.29, 0.717) is 29.0 Å². The number of nitrogens with two attached hydrogens (primary N) is 1. The van der Waals surface area contributed by atoms with E-state index in [1.54, 1.807) is 0 Å². The van der Waals surface area contributed by atoms with Crippen LogP contribution in [-0.2, 0) is 0 Å². The van der Waals surface area contributed by atoms with Gasteiger partial charge in [-0.25, -0.2) is 9.97 Å². The normalized spacial score (nSPS) is 10.4. The van der Waals surface area contributed by atoms with Crippen molar-refractivity contribution in [1.82, 2.24) is 9.97 Å². The zero-order valence-corrected chi connectivity index (χ0v) is 15.3. The summed E-state index contributed by atoms with van der Waals surface area (Å²) in [5.74, 6) is 1.73. The minimum absolute atomic E-state index is 0.401. The molecule has 0 bridgehead atoms. The molecule has 0 amide bonds. The van der Waals surface area contributed by atoms with Crippen molar-refractivity contribution in [2.45, 2.75) is 13.8 Å². The Kier molecular flexibility index (Phi) is 5.43. The van der Waals surface area contributed by atoms with Gasteiger partial charge in [-0.3, -0.25) is 0 Å². The second-order valence-corrected chi connectivity index (χ2v) is 6.06. The van der Waals surface area contributed by atoms with Crippen molar-refractivity contribution in [3.8, 4) is 5.75 Å². The lowest BCUT2D eigenvalue weighted by Gasteiger charge is -2.15. The maximum atomic E-state index is 6.27. The standard InChI is InChI=1S/C19H20ClN5O/c1-3-26-16-7-5-4-6-14(16)24-18-17(21)19(23-11-22-18)25-15-10-13(20)9-8-12(15)2/h4-11H,3,21H2,1-2H3,(H2,22,23,24,25). The molecule has 3 rings (SSSR count). The largest absolute Gasteiger partial charge is 0.492 e. The molecule has 2 aromatic carbocycles. The van der Waals surface area contributed by atoms with Crippen LogP contribution in [0, 0.1) is 6.92 Å². The van der Waals surface area contributed by atoms with Crippen LogP contribution in [-0.4, -0.2) is 16.6 Å². The number of para-hydroxylation sites is 2. The number of rotatable bonds is 6. The molecule has 0 radical (unpaired) electrons. The molecule has 0 aliphatic carbocycles. The zero-order valence-electron chi connectivity index (χ0n) is 14.6. The maximum absolute atomic E-state index is 6.27. The minimum Gasteiger partial charge on any atom is -0.492 e. The van der Waals surface area contributed by atoms with Gasteiger partial charge in [0, 0.05) is 10.7 Å². The quantitative estimate of drug-likeness (QED) is 0.572. The molecule has 0 spiro atoms. The van der Waals surface area contributed by atoms with Gasteiger partial charge in [-0.05, 0) is 43.7 Å². The summed E-state index contributed by atoms with van der Waals surface area (Å²) in [6, 6.07) is 13.2. The summed E-state index contributed by atoms with van der Waals surface area (Å²) < 4.78 is 5.63. The molecule has 7 heteroatoms. The van der Waals surface area contributed by atoms with Crippen molar-refractivity contribution in [2.75, 3.05) is 23.0 Å². The first-order valence-corrected chi connectivity index (χ1v) is 8.58. The van der Waals surface area contributed by atoms with Crippen LogP contribution in [0.3, 0.4) is 0 Å². The summed E-state index contributed by atoms with van der Waals surface area (Å²) in [6.45, 7) is 4.48. The molecule has 0 fully saturated rings. The van der Waals surface area contributed by atoms with Crippen molar-refractivity contribution in [3.05, 3.63) is 59.4 Å². The second-order valence-electron chi connectivity index (χ2n) is 5.62. The molecule has 0 atom stereocenters. The number of anilines is 5. The average Bonchev–Trinajstić information content (AvgIpc) is 2.63. The molecule has 3 aromatic rings. The number of hydrogen-bond donors (Lipinski definition) is 3. The Labute approximate surface area is 157 Å². The van der Waals surface area contributed by atoms with Gasteiger partial charge in [0.1, 0.15) is 17.8 Å². The summed E-state index contributed by atoms with van der Waals surface area (Å²) in [6.07, 6.45) is 1.45. The highest BCUT2D eigenvalue weighted by Gasteiger charge is 2.12. The van der Waals surface area contributed by atoms with Gasteiger partial charge >= 0.3 is 0 Å². The third kappa shape index (κ3) is 3.97. The number of nitrogens with zero attached hydrogens (tertiary/aromatic N) is 2. The summed E-state index contributed by atoms with van der Waals surface area (Å²) in [5.41, 5.74) is 9.32. The van der Waals surface area contributed by atoms with Crippen molar-refractivity contribution in [2.24, 2.45) is 0 Å². The van der Waals surface area contributed by atoms with E-state index in [-0.39, 0.29) is 0 Å². The molecule has 0 saturated heterocycles. The lowest BCUT2D eigenvalue weighted by molar-refractivity contribution is 0.342. The van der Waals surface area contributed by atoms with Gasteiger partial charge in [0.15, 0.2) is 11.6 Å². The molecule has 26 heavy (non-hydrogen) atoms. The van der Waals surface area contributed by atoms with Crippen molar-refractivity contribution in [3.63, 3.8) is 0 Å². The summed E-state index contributed by atoms with van der Waals surface area (Å²) in [5, 5.41) is 7.06. The van der Waals surface area contributed by atoms with E-state index in [0.717, 1.165) is 22.7 Å². The number of nitrogen functional groups attached to an aromatic ring is 1. The Balaban J connectivity index is 1.89. The van der Waals surface area contributed by atoms with Crippen LogP contribution in [0.5, 0.6) is 5.75 Å². The van der Waals surface area contributed by atoms with Gasteiger partial charge < -0.3 is 21.1 Å².